The van der Waals surface area contributed by atoms with Crippen molar-refractivity contribution in [1.29, 1.82) is 0 Å². The third-order valence-electron chi connectivity index (χ3n) is 3.66. The average molecular weight is 369 g/mol. The molecule has 1 aliphatic heterocycles. The number of sulfone groups is 1. The minimum absolute atomic E-state index is 0. The summed E-state index contributed by atoms with van der Waals surface area (Å²) in [5.74, 6) is 0. The Bertz CT molecular complexity index is 719. The Hall–Kier alpha value is -0.670. The molecule has 1 unspecified atom stereocenters. The Morgan fingerprint density at radius 3 is 2.27 bits per heavy atom. The van der Waals surface area contributed by atoms with Gasteiger partial charge in [-0.1, -0.05) is 12.1 Å². The summed E-state index contributed by atoms with van der Waals surface area (Å²) in [6, 6.07) is 5.86. The molecule has 1 atom stereocenters. The molecule has 0 saturated carbocycles. The van der Waals surface area contributed by atoms with Gasteiger partial charge in [-0.3, -0.25) is 0 Å². The van der Waals surface area contributed by atoms with Crippen molar-refractivity contribution >= 4 is 32.3 Å². The van der Waals surface area contributed by atoms with Gasteiger partial charge in [0, 0.05) is 25.4 Å². The van der Waals surface area contributed by atoms with Gasteiger partial charge in [-0.05, 0) is 32.0 Å². The summed E-state index contributed by atoms with van der Waals surface area (Å²) in [6.45, 7) is 0.773. The molecule has 1 aliphatic rings. The molecule has 0 amide bonds. The van der Waals surface area contributed by atoms with Crippen LogP contribution in [0.4, 0.5) is 0 Å². The van der Waals surface area contributed by atoms with E-state index in [1.165, 1.54) is 22.5 Å². The highest BCUT2D eigenvalue weighted by Gasteiger charge is 2.32. The molecule has 1 N–H and O–H groups in total. The summed E-state index contributed by atoms with van der Waals surface area (Å²) < 4.78 is 50.5. The molecule has 9 heteroatoms. The second-order valence-corrected chi connectivity index (χ2v) is 9.10. The summed E-state index contributed by atoms with van der Waals surface area (Å²) in [7, 11) is -5.60. The predicted molar refractivity (Wildman–Crippen MR) is 87.6 cm³/mol. The zero-order valence-corrected chi connectivity index (χ0v) is 15.0. The van der Waals surface area contributed by atoms with Gasteiger partial charge in [0.05, 0.1) is 4.90 Å². The lowest BCUT2D eigenvalue weighted by atomic mass is 10.1. The summed E-state index contributed by atoms with van der Waals surface area (Å²) in [6.07, 6.45) is 2.69. The van der Waals surface area contributed by atoms with Gasteiger partial charge in [0.25, 0.3) is 0 Å². The smallest absolute Gasteiger partial charge is 0.244 e. The number of likely N-dealkylation sites (N-methyl/N-ethyl adjacent to an activating group) is 1. The van der Waals surface area contributed by atoms with Crippen molar-refractivity contribution in [2.45, 2.75) is 28.7 Å². The first-order valence-corrected chi connectivity index (χ1v) is 10.1. The van der Waals surface area contributed by atoms with Gasteiger partial charge in [0.1, 0.15) is 4.90 Å². The minimum Gasteiger partial charge on any atom is -0.316 e. The zero-order chi connectivity index (χ0) is 15.7. The molecule has 1 fully saturated rings. The predicted octanol–water partition coefficient (Wildman–Crippen LogP) is 0.884. The van der Waals surface area contributed by atoms with Crippen LogP contribution in [0.15, 0.2) is 34.1 Å². The average Bonchev–Trinajstić information content (AvgIpc) is 2.46. The fourth-order valence-electron chi connectivity index (χ4n) is 2.51. The number of piperidine rings is 1. The first kappa shape index (κ1) is 19.4. The Balaban J connectivity index is 0.00000242. The molecule has 0 aromatic heterocycles. The molecule has 1 aromatic carbocycles. The topological polar surface area (TPSA) is 83.6 Å². The molecule has 0 radical (unpaired) electrons. The number of rotatable bonds is 4. The van der Waals surface area contributed by atoms with Gasteiger partial charge in [-0.2, -0.15) is 4.31 Å². The van der Waals surface area contributed by atoms with Crippen LogP contribution >= 0.6 is 12.4 Å². The Kier molecular flexibility index (Phi) is 6.40. The third kappa shape index (κ3) is 3.99. The lowest BCUT2D eigenvalue weighted by Gasteiger charge is -2.32. The third-order valence-corrected chi connectivity index (χ3v) is 6.87. The van der Waals surface area contributed by atoms with Crippen LogP contribution in [0.1, 0.15) is 12.8 Å². The number of sulfonamides is 1. The summed E-state index contributed by atoms with van der Waals surface area (Å²) in [5, 5.41) is 3.08. The van der Waals surface area contributed by atoms with E-state index >= 15 is 0 Å². The highest BCUT2D eigenvalue weighted by atomic mass is 35.5. The van der Waals surface area contributed by atoms with Crippen molar-refractivity contribution in [3.8, 4) is 0 Å². The first-order chi connectivity index (χ1) is 9.76. The number of nitrogens with zero attached hydrogens (tertiary/aromatic N) is 1. The van der Waals surface area contributed by atoms with Crippen molar-refractivity contribution in [3.05, 3.63) is 24.3 Å². The van der Waals surface area contributed by atoms with Gasteiger partial charge in [-0.25, -0.2) is 16.8 Å². The maximum absolute atomic E-state index is 12.7. The Morgan fingerprint density at radius 1 is 1.14 bits per heavy atom. The van der Waals surface area contributed by atoms with Crippen LogP contribution in [0, 0.1) is 0 Å². The van der Waals surface area contributed by atoms with Crippen molar-refractivity contribution < 1.29 is 16.8 Å². The molecule has 0 spiro atoms. The van der Waals surface area contributed by atoms with E-state index in [4.69, 9.17) is 0 Å². The maximum Gasteiger partial charge on any atom is 0.244 e. The van der Waals surface area contributed by atoms with E-state index in [0.29, 0.717) is 13.1 Å². The van der Waals surface area contributed by atoms with Gasteiger partial charge in [0.15, 0.2) is 9.84 Å². The second kappa shape index (κ2) is 7.27. The SMILES string of the molecule is CNC1CCCN(S(=O)(=O)c2ccccc2S(C)(=O)=O)C1.Cl. The molecule has 126 valence electrons. The van der Waals surface area contributed by atoms with Crippen LogP contribution in [0.2, 0.25) is 0 Å². The second-order valence-electron chi connectivity index (χ2n) is 5.21. The van der Waals surface area contributed by atoms with Crippen LogP contribution < -0.4 is 5.32 Å². The lowest BCUT2D eigenvalue weighted by molar-refractivity contribution is 0.292. The zero-order valence-electron chi connectivity index (χ0n) is 12.5. The van der Waals surface area contributed by atoms with E-state index < -0.39 is 19.9 Å². The fourth-order valence-corrected chi connectivity index (χ4v) is 5.63. The van der Waals surface area contributed by atoms with E-state index in [-0.39, 0.29) is 28.2 Å². The van der Waals surface area contributed by atoms with Gasteiger partial charge >= 0.3 is 0 Å². The first-order valence-electron chi connectivity index (χ1n) is 6.73. The van der Waals surface area contributed by atoms with Crippen LogP contribution in [-0.4, -0.2) is 53.6 Å². The summed E-state index contributed by atoms with van der Waals surface area (Å²) >= 11 is 0. The largest absolute Gasteiger partial charge is 0.316 e. The van der Waals surface area contributed by atoms with Crippen molar-refractivity contribution in [2.75, 3.05) is 26.4 Å². The quantitative estimate of drug-likeness (QED) is 0.853. The van der Waals surface area contributed by atoms with Gasteiger partial charge in [-0.15, -0.1) is 12.4 Å². The molecule has 1 heterocycles. The number of hydrogen-bond acceptors (Lipinski definition) is 5. The number of hydrogen-bond donors (Lipinski definition) is 1. The van der Waals surface area contributed by atoms with Gasteiger partial charge < -0.3 is 5.32 Å². The monoisotopic (exact) mass is 368 g/mol. The molecular formula is C13H21ClN2O4S2. The molecule has 0 bridgehead atoms. The Morgan fingerprint density at radius 2 is 1.73 bits per heavy atom. The van der Waals surface area contributed by atoms with Crippen molar-refractivity contribution in [1.82, 2.24) is 9.62 Å². The normalized spacial score (nSPS) is 20.4. The van der Waals surface area contributed by atoms with E-state index in [0.717, 1.165) is 19.1 Å². The maximum atomic E-state index is 12.7. The number of nitrogens with one attached hydrogen (secondary N) is 1. The highest BCUT2D eigenvalue weighted by molar-refractivity contribution is 7.93. The molecule has 2 rings (SSSR count). The Labute approximate surface area is 138 Å². The van der Waals surface area contributed by atoms with E-state index in [1.54, 1.807) is 13.1 Å². The highest BCUT2D eigenvalue weighted by Crippen LogP contribution is 2.26. The van der Waals surface area contributed by atoms with Crippen LogP contribution in [0.3, 0.4) is 0 Å². The standard InChI is InChI=1S/C13H20N2O4S2.ClH/c1-14-11-6-5-9-15(10-11)21(18,19)13-8-4-3-7-12(13)20(2,16)17;/h3-4,7-8,11,14H,5-6,9-10H2,1-2H3;1H. The molecule has 1 aromatic rings. The fraction of sp³-hybridized carbons (Fsp3) is 0.538. The van der Waals surface area contributed by atoms with Crippen LogP contribution in [0.5, 0.6) is 0 Å². The number of halogens is 1. The van der Waals surface area contributed by atoms with E-state index in [9.17, 15) is 16.8 Å². The van der Waals surface area contributed by atoms with Crippen molar-refractivity contribution in [2.24, 2.45) is 0 Å². The molecular weight excluding hydrogens is 348 g/mol. The van der Waals surface area contributed by atoms with Crippen LogP contribution in [0.25, 0.3) is 0 Å². The van der Waals surface area contributed by atoms with E-state index in [1.807, 2.05) is 0 Å². The number of benzene rings is 1. The van der Waals surface area contributed by atoms with Crippen LogP contribution in [-0.2, 0) is 19.9 Å². The molecule has 6 nitrogen and oxygen atoms in total. The minimum atomic E-state index is -3.80. The lowest BCUT2D eigenvalue weighted by Crippen LogP contribution is -2.47. The molecule has 0 aliphatic carbocycles. The summed E-state index contributed by atoms with van der Waals surface area (Å²) in [5.41, 5.74) is 0. The van der Waals surface area contributed by atoms with E-state index in [2.05, 4.69) is 5.32 Å². The summed E-state index contributed by atoms with van der Waals surface area (Å²) in [4.78, 5) is -0.277. The molecule has 1 saturated heterocycles. The van der Waals surface area contributed by atoms with Gasteiger partial charge in [0.2, 0.25) is 10.0 Å². The molecule has 22 heavy (non-hydrogen) atoms. The van der Waals surface area contributed by atoms with Crippen molar-refractivity contribution in [3.63, 3.8) is 0 Å².